The Morgan fingerprint density at radius 2 is 1.75 bits per heavy atom. The molecule has 0 aromatic rings. The standard InChI is InChI=1S/C8H16BrNO4S2/c1-15(11,12)4-5-16(13,14)10-7-8(6-9)2-3-8/h10H,2-7H2,1H3. The maximum Gasteiger partial charge on any atom is 0.212 e. The quantitative estimate of drug-likeness (QED) is 0.671. The number of hydrogen-bond donors (Lipinski definition) is 1. The molecule has 1 N–H and O–H groups in total. The molecule has 0 amide bonds. The summed E-state index contributed by atoms with van der Waals surface area (Å²) in [5, 5.41) is 0.772. The number of rotatable bonds is 7. The molecule has 5 nitrogen and oxygen atoms in total. The molecule has 0 radical (unpaired) electrons. The third-order valence-electron chi connectivity index (χ3n) is 2.63. The number of alkyl halides is 1. The number of sulfonamides is 1. The molecule has 0 unspecified atom stereocenters. The van der Waals surface area contributed by atoms with Crippen LogP contribution in [0.1, 0.15) is 12.8 Å². The Hall–Kier alpha value is 0.340. The first-order valence-corrected chi connectivity index (χ1v) is 9.73. The Kier molecular flexibility index (Phi) is 4.42. The van der Waals surface area contributed by atoms with Gasteiger partial charge in [-0.15, -0.1) is 0 Å². The van der Waals surface area contributed by atoms with Gasteiger partial charge >= 0.3 is 0 Å². The van der Waals surface area contributed by atoms with Crippen LogP contribution < -0.4 is 4.72 Å². The van der Waals surface area contributed by atoms with Crippen LogP contribution in [0.5, 0.6) is 0 Å². The lowest BCUT2D eigenvalue weighted by molar-refractivity contribution is 0.538. The first-order chi connectivity index (χ1) is 7.18. The average Bonchev–Trinajstić information content (AvgIpc) is 2.92. The van der Waals surface area contributed by atoms with Crippen LogP contribution in [0.25, 0.3) is 0 Å². The Morgan fingerprint density at radius 3 is 2.12 bits per heavy atom. The molecule has 8 heteroatoms. The molecular formula is C8H16BrNO4S2. The number of hydrogen-bond acceptors (Lipinski definition) is 4. The van der Waals surface area contributed by atoms with Gasteiger partial charge in [-0.1, -0.05) is 15.9 Å². The molecule has 1 aliphatic rings. The van der Waals surface area contributed by atoms with Crippen molar-refractivity contribution in [2.24, 2.45) is 5.41 Å². The molecule has 0 spiro atoms. The van der Waals surface area contributed by atoms with Gasteiger partial charge in [0, 0.05) is 18.1 Å². The van der Waals surface area contributed by atoms with Gasteiger partial charge in [0.2, 0.25) is 10.0 Å². The van der Waals surface area contributed by atoms with E-state index in [1.807, 2.05) is 0 Å². The summed E-state index contributed by atoms with van der Waals surface area (Å²) >= 11 is 3.34. The van der Waals surface area contributed by atoms with Gasteiger partial charge in [-0.25, -0.2) is 21.6 Å². The van der Waals surface area contributed by atoms with E-state index >= 15 is 0 Å². The maximum absolute atomic E-state index is 11.5. The van der Waals surface area contributed by atoms with Gasteiger partial charge in [0.05, 0.1) is 11.5 Å². The lowest BCUT2D eigenvalue weighted by Crippen LogP contribution is -2.34. The number of sulfone groups is 1. The molecule has 1 fully saturated rings. The molecule has 0 heterocycles. The fourth-order valence-corrected chi connectivity index (χ4v) is 4.65. The van der Waals surface area contributed by atoms with E-state index in [2.05, 4.69) is 20.7 Å². The molecule has 0 aromatic carbocycles. The van der Waals surface area contributed by atoms with E-state index in [1.165, 1.54) is 0 Å². The van der Waals surface area contributed by atoms with Crippen molar-refractivity contribution in [2.75, 3.05) is 29.6 Å². The van der Waals surface area contributed by atoms with Crippen molar-refractivity contribution in [2.45, 2.75) is 12.8 Å². The SMILES string of the molecule is CS(=O)(=O)CCS(=O)(=O)NCC1(CBr)CC1. The fraction of sp³-hybridized carbons (Fsp3) is 1.00. The van der Waals surface area contributed by atoms with Crippen LogP contribution in [0.3, 0.4) is 0 Å². The minimum absolute atomic E-state index is 0.0537. The molecule has 0 atom stereocenters. The van der Waals surface area contributed by atoms with Gasteiger partial charge in [-0.3, -0.25) is 0 Å². The van der Waals surface area contributed by atoms with E-state index in [-0.39, 0.29) is 16.9 Å². The largest absolute Gasteiger partial charge is 0.229 e. The van der Waals surface area contributed by atoms with Crippen LogP contribution in [0.15, 0.2) is 0 Å². The van der Waals surface area contributed by atoms with E-state index in [1.54, 1.807) is 0 Å². The van der Waals surface area contributed by atoms with Crippen LogP contribution in [0.2, 0.25) is 0 Å². The van der Waals surface area contributed by atoms with Gasteiger partial charge in [0.15, 0.2) is 0 Å². The normalized spacial score (nSPS) is 19.6. The van der Waals surface area contributed by atoms with Crippen molar-refractivity contribution >= 4 is 35.8 Å². The van der Waals surface area contributed by atoms with Gasteiger partial charge in [0.25, 0.3) is 0 Å². The Balaban J connectivity index is 2.41. The minimum Gasteiger partial charge on any atom is -0.229 e. The monoisotopic (exact) mass is 333 g/mol. The zero-order chi connectivity index (χ0) is 12.4. The van der Waals surface area contributed by atoms with E-state index in [0.29, 0.717) is 6.54 Å². The first kappa shape index (κ1) is 14.4. The summed E-state index contributed by atoms with van der Waals surface area (Å²) in [5.41, 5.74) is 0.0537. The third-order valence-corrected chi connectivity index (χ3v) is 6.35. The van der Waals surface area contributed by atoms with E-state index in [0.717, 1.165) is 24.4 Å². The lowest BCUT2D eigenvalue weighted by atomic mass is 10.1. The predicted molar refractivity (Wildman–Crippen MR) is 67.0 cm³/mol. The molecule has 96 valence electrons. The van der Waals surface area contributed by atoms with Crippen LogP contribution in [0.4, 0.5) is 0 Å². The predicted octanol–water partition coefficient (Wildman–Crippen LogP) is 0.125. The van der Waals surface area contributed by atoms with Crippen LogP contribution in [0, 0.1) is 5.41 Å². The zero-order valence-corrected chi connectivity index (χ0v) is 12.3. The molecule has 1 rings (SSSR count). The molecule has 0 aliphatic heterocycles. The molecule has 0 bridgehead atoms. The average molecular weight is 334 g/mol. The van der Waals surface area contributed by atoms with E-state index in [4.69, 9.17) is 0 Å². The highest BCUT2D eigenvalue weighted by atomic mass is 79.9. The summed E-state index contributed by atoms with van der Waals surface area (Å²) in [5.74, 6) is -0.687. The summed E-state index contributed by atoms with van der Waals surface area (Å²) in [4.78, 5) is 0. The summed E-state index contributed by atoms with van der Waals surface area (Å²) < 4.78 is 47.1. The van der Waals surface area contributed by atoms with Gasteiger partial charge in [-0.05, 0) is 18.3 Å². The highest BCUT2D eigenvalue weighted by molar-refractivity contribution is 9.09. The number of nitrogens with one attached hydrogen (secondary N) is 1. The molecule has 1 saturated carbocycles. The van der Waals surface area contributed by atoms with E-state index < -0.39 is 19.9 Å². The Labute approximate surface area is 105 Å². The lowest BCUT2D eigenvalue weighted by Gasteiger charge is -2.12. The Bertz CT molecular complexity index is 439. The highest BCUT2D eigenvalue weighted by Gasteiger charge is 2.41. The van der Waals surface area contributed by atoms with Crippen LogP contribution in [-0.2, 0) is 19.9 Å². The second-order valence-corrected chi connectivity index (χ2v) is 9.15. The topological polar surface area (TPSA) is 80.3 Å². The molecule has 0 aromatic heterocycles. The first-order valence-electron chi connectivity index (χ1n) is 4.89. The highest BCUT2D eigenvalue weighted by Crippen LogP contribution is 2.46. The van der Waals surface area contributed by atoms with Crippen molar-refractivity contribution in [3.63, 3.8) is 0 Å². The summed E-state index contributed by atoms with van der Waals surface area (Å²) in [6, 6.07) is 0. The molecular weight excluding hydrogens is 318 g/mol. The van der Waals surface area contributed by atoms with Crippen LogP contribution in [-0.4, -0.2) is 46.5 Å². The minimum atomic E-state index is -3.47. The van der Waals surface area contributed by atoms with Gasteiger partial charge in [-0.2, -0.15) is 0 Å². The van der Waals surface area contributed by atoms with Gasteiger partial charge < -0.3 is 0 Å². The number of halogens is 1. The van der Waals surface area contributed by atoms with Crippen molar-refractivity contribution in [1.82, 2.24) is 4.72 Å². The summed E-state index contributed by atoms with van der Waals surface area (Å²) in [7, 11) is -6.70. The second kappa shape index (κ2) is 4.91. The molecule has 1 aliphatic carbocycles. The Morgan fingerprint density at radius 1 is 1.19 bits per heavy atom. The smallest absolute Gasteiger partial charge is 0.212 e. The van der Waals surface area contributed by atoms with Crippen molar-refractivity contribution < 1.29 is 16.8 Å². The summed E-state index contributed by atoms with van der Waals surface area (Å²) in [6.07, 6.45) is 3.04. The van der Waals surface area contributed by atoms with Gasteiger partial charge in [0.1, 0.15) is 9.84 Å². The molecule has 0 saturated heterocycles. The second-order valence-electron chi connectivity index (χ2n) is 4.40. The van der Waals surface area contributed by atoms with Crippen molar-refractivity contribution in [1.29, 1.82) is 0 Å². The van der Waals surface area contributed by atoms with Crippen molar-refractivity contribution in [3.05, 3.63) is 0 Å². The van der Waals surface area contributed by atoms with Crippen molar-refractivity contribution in [3.8, 4) is 0 Å². The van der Waals surface area contributed by atoms with E-state index in [9.17, 15) is 16.8 Å². The molecule has 16 heavy (non-hydrogen) atoms. The summed E-state index contributed by atoms with van der Waals surface area (Å²) in [6.45, 7) is 0.393. The van der Waals surface area contributed by atoms with Crippen LogP contribution >= 0.6 is 15.9 Å². The zero-order valence-electron chi connectivity index (χ0n) is 9.07. The maximum atomic E-state index is 11.5. The fourth-order valence-electron chi connectivity index (χ4n) is 1.13. The third kappa shape index (κ3) is 5.11.